The Hall–Kier alpha value is -0.840. The molecule has 0 spiro atoms. The van der Waals surface area contributed by atoms with Crippen molar-refractivity contribution >= 4 is 23.3 Å². The molecule has 0 radical (unpaired) electrons. The number of thiocarbonyl (C=S) groups is 1. The molecule has 13 heavy (non-hydrogen) atoms. The molecular formula is C8H16N2O2S. The second kappa shape index (κ2) is 5.75. The Kier molecular flexibility index (Phi) is 5.37. The predicted molar refractivity (Wildman–Crippen MR) is 55.6 cm³/mol. The molecule has 0 aliphatic rings. The molecule has 76 valence electrons. The summed E-state index contributed by atoms with van der Waals surface area (Å²) >= 11 is 4.76. The number of ether oxygens (including phenoxy) is 1. The van der Waals surface area contributed by atoms with Crippen LogP contribution in [0.1, 0.15) is 27.2 Å². The van der Waals surface area contributed by atoms with Crippen molar-refractivity contribution in [3.8, 4) is 0 Å². The van der Waals surface area contributed by atoms with Gasteiger partial charge < -0.3 is 15.8 Å². The molecule has 5 heteroatoms. The lowest BCUT2D eigenvalue weighted by Crippen LogP contribution is -2.43. The van der Waals surface area contributed by atoms with Gasteiger partial charge in [-0.3, -0.25) is 0 Å². The summed E-state index contributed by atoms with van der Waals surface area (Å²) in [6.45, 7) is 5.45. The highest BCUT2D eigenvalue weighted by Gasteiger charge is 2.13. The van der Waals surface area contributed by atoms with Gasteiger partial charge in [-0.15, -0.1) is 0 Å². The molecule has 1 amide bonds. The van der Waals surface area contributed by atoms with Crippen LogP contribution < -0.4 is 11.1 Å². The number of hydrogen-bond acceptors (Lipinski definition) is 3. The van der Waals surface area contributed by atoms with Gasteiger partial charge in [-0.25, -0.2) is 4.79 Å². The third kappa shape index (κ3) is 5.41. The Balaban J connectivity index is 3.94. The van der Waals surface area contributed by atoms with E-state index in [0.717, 1.165) is 0 Å². The van der Waals surface area contributed by atoms with Crippen LogP contribution in [0.2, 0.25) is 0 Å². The van der Waals surface area contributed by atoms with Crippen LogP contribution in [-0.4, -0.2) is 23.2 Å². The summed E-state index contributed by atoms with van der Waals surface area (Å²) in [6.07, 6.45) is 0.0567. The standard InChI is InChI=1S/C8H16N2O2S/c1-4-6(7(9)13)10-8(11)12-5(2)3/h5-6H,4H2,1-3H3,(H2,9,13)(H,10,11). The minimum Gasteiger partial charge on any atom is -0.447 e. The van der Waals surface area contributed by atoms with Gasteiger partial charge >= 0.3 is 6.09 Å². The third-order valence-electron chi connectivity index (χ3n) is 1.39. The molecule has 0 rings (SSSR count). The van der Waals surface area contributed by atoms with Gasteiger partial charge in [0.25, 0.3) is 0 Å². The molecule has 0 saturated heterocycles. The molecule has 0 aromatic carbocycles. The molecule has 0 aliphatic carbocycles. The zero-order chi connectivity index (χ0) is 10.4. The Morgan fingerprint density at radius 3 is 2.46 bits per heavy atom. The first-order valence-corrected chi connectivity index (χ1v) is 4.64. The Morgan fingerprint density at radius 2 is 2.15 bits per heavy atom. The topological polar surface area (TPSA) is 64.3 Å². The van der Waals surface area contributed by atoms with E-state index < -0.39 is 6.09 Å². The van der Waals surface area contributed by atoms with E-state index in [0.29, 0.717) is 6.42 Å². The van der Waals surface area contributed by atoms with Gasteiger partial charge in [0, 0.05) is 0 Å². The van der Waals surface area contributed by atoms with Crippen LogP contribution in [0.4, 0.5) is 4.79 Å². The molecule has 0 heterocycles. The second-order valence-electron chi connectivity index (χ2n) is 2.96. The van der Waals surface area contributed by atoms with E-state index in [-0.39, 0.29) is 17.1 Å². The highest BCUT2D eigenvalue weighted by Crippen LogP contribution is 1.94. The van der Waals surface area contributed by atoms with E-state index >= 15 is 0 Å². The molecular weight excluding hydrogens is 188 g/mol. The third-order valence-corrected chi connectivity index (χ3v) is 1.67. The van der Waals surface area contributed by atoms with Gasteiger partial charge in [0.05, 0.1) is 17.1 Å². The summed E-state index contributed by atoms with van der Waals surface area (Å²) in [5, 5.41) is 2.57. The maximum absolute atomic E-state index is 11.1. The van der Waals surface area contributed by atoms with Gasteiger partial charge in [0.1, 0.15) is 0 Å². The molecule has 4 nitrogen and oxygen atoms in total. The lowest BCUT2D eigenvalue weighted by atomic mass is 10.2. The quantitative estimate of drug-likeness (QED) is 0.675. The van der Waals surface area contributed by atoms with Crippen molar-refractivity contribution in [2.45, 2.75) is 39.3 Å². The molecule has 0 aromatic heterocycles. The summed E-state index contributed by atoms with van der Waals surface area (Å²) in [7, 11) is 0. The second-order valence-corrected chi connectivity index (χ2v) is 3.43. The van der Waals surface area contributed by atoms with E-state index in [1.807, 2.05) is 6.92 Å². The molecule has 0 bridgehead atoms. The van der Waals surface area contributed by atoms with Crippen molar-refractivity contribution in [2.75, 3.05) is 0 Å². The largest absolute Gasteiger partial charge is 0.447 e. The molecule has 3 N–H and O–H groups in total. The number of carbonyl (C=O) groups excluding carboxylic acids is 1. The molecule has 1 unspecified atom stereocenters. The van der Waals surface area contributed by atoms with Crippen molar-refractivity contribution < 1.29 is 9.53 Å². The van der Waals surface area contributed by atoms with Crippen molar-refractivity contribution in [2.24, 2.45) is 5.73 Å². The summed E-state index contributed by atoms with van der Waals surface area (Å²) in [5.41, 5.74) is 5.39. The summed E-state index contributed by atoms with van der Waals surface area (Å²) < 4.78 is 4.87. The SMILES string of the molecule is CCC(NC(=O)OC(C)C)C(N)=S. The van der Waals surface area contributed by atoms with Crippen molar-refractivity contribution in [3.05, 3.63) is 0 Å². The average Bonchev–Trinajstić information content (AvgIpc) is 1.98. The highest BCUT2D eigenvalue weighted by molar-refractivity contribution is 7.80. The van der Waals surface area contributed by atoms with Crippen molar-refractivity contribution in [3.63, 3.8) is 0 Å². The fourth-order valence-corrected chi connectivity index (χ4v) is 0.990. The van der Waals surface area contributed by atoms with Gasteiger partial charge in [-0.05, 0) is 20.3 Å². The zero-order valence-electron chi connectivity index (χ0n) is 8.16. The summed E-state index contributed by atoms with van der Waals surface area (Å²) in [5.74, 6) is 0. The number of rotatable bonds is 4. The lowest BCUT2D eigenvalue weighted by molar-refractivity contribution is 0.114. The molecule has 0 aromatic rings. The number of nitrogens with one attached hydrogen (secondary N) is 1. The number of alkyl carbamates (subject to hydrolysis) is 1. The van der Waals surface area contributed by atoms with E-state index in [4.69, 9.17) is 22.7 Å². The lowest BCUT2D eigenvalue weighted by Gasteiger charge is -2.16. The maximum atomic E-state index is 11.1. The number of hydrogen-bond donors (Lipinski definition) is 2. The number of carbonyl (C=O) groups is 1. The van der Waals surface area contributed by atoms with Crippen LogP contribution >= 0.6 is 12.2 Å². The average molecular weight is 204 g/mol. The first-order chi connectivity index (χ1) is 5.97. The zero-order valence-corrected chi connectivity index (χ0v) is 8.98. The minimum absolute atomic E-state index is 0.135. The normalized spacial score (nSPS) is 12.3. The fourth-order valence-electron chi connectivity index (χ4n) is 0.765. The van der Waals surface area contributed by atoms with Crippen molar-refractivity contribution in [1.82, 2.24) is 5.32 Å². The molecule has 0 saturated carbocycles. The van der Waals surface area contributed by atoms with Crippen LogP contribution in [0.25, 0.3) is 0 Å². The van der Waals surface area contributed by atoms with E-state index in [1.165, 1.54) is 0 Å². The van der Waals surface area contributed by atoms with Crippen LogP contribution in [0.3, 0.4) is 0 Å². The summed E-state index contributed by atoms with van der Waals surface area (Å²) in [4.78, 5) is 11.4. The smallest absolute Gasteiger partial charge is 0.407 e. The first-order valence-electron chi connectivity index (χ1n) is 4.23. The first kappa shape index (κ1) is 12.2. The summed E-state index contributed by atoms with van der Waals surface area (Å²) in [6, 6.07) is -0.277. The monoisotopic (exact) mass is 204 g/mol. The number of nitrogens with two attached hydrogens (primary N) is 1. The maximum Gasteiger partial charge on any atom is 0.407 e. The predicted octanol–water partition coefficient (Wildman–Crippen LogP) is 1.19. The van der Waals surface area contributed by atoms with Crippen LogP contribution in [0.15, 0.2) is 0 Å². The minimum atomic E-state index is -0.477. The van der Waals surface area contributed by atoms with Gasteiger partial charge in [-0.1, -0.05) is 19.1 Å². The molecule has 1 atom stereocenters. The number of amides is 1. The van der Waals surface area contributed by atoms with Gasteiger partial charge in [-0.2, -0.15) is 0 Å². The van der Waals surface area contributed by atoms with E-state index in [1.54, 1.807) is 13.8 Å². The fraction of sp³-hybridized carbons (Fsp3) is 0.750. The Labute approximate surface area is 83.8 Å². The van der Waals surface area contributed by atoms with Gasteiger partial charge in [0.15, 0.2) is 0 Å². The van der Waals surface area contributed by atoms with Crippen LogP contribution in [-0.2, 0) is 4.74 Å². The van der Waals surface area contributed by atoms with E-state index in [9.17, 15) is 4.79 Å². The van der Waals surface area contributed by atoms with Gasteiger partial charge in [0.2, 0.25) is 0 Å². The van der Waals surface area contributed by atoms with E-state index in [2.05, 4.69) is 5.32 Å². The molecule has 0 aliphatic heterocycles. The van der Waals surface area contributed by atoms with Crippen LogP contribution in [0.5, 0.6) is 0 Å². The Bertz CT molecular complexity index is 195. The van der Waals surface area contributed by atoms with Crippen molar-refractivity contribution in [1.29, 1.82) is 0 Å². The Morgan fingerprint density at radius 1 is 1.62 bits per heavy atom. The highest BCUT2D eigenvalue weighted by atomic mass is 32.1. The molecule has 0 fully saturated rings. The van der Waals surface area contributed by atoms with Crippen LogP contribution in [0, 0.1) is 0 Å².